The highest BCUT2D eigenvalue weighted by Gasteiger charge is 1.99. The van der Waals surface area contributed by atoms with E-state index in [1.165, 1.54) is 4.90 Å². The smallest absolute Gasteiger partial charge is 0.120 e. The van der Waals surface area contributed by atoms with Crippen molar-refractivity contribution in [3.8, 4) is 17.6 Å². The van der Waals surface area contributed by atoms with Crippen molar-refractivity contribution in [1.29, 1.82) is 5.26 Å². The topological polar surface area (TPSA) is 42.2 Å². The normalized spacial score (nSPS) is 9.90. The molecule has 2 aromatic rings. The molecule has 0 aliphatic carbocycles. The Morgan fingerprint density at radius 3 is 2.71 bits per heavy atom. The van der Waals surface area contributed by atoms with Crippen LogP contribution in [0.2, 0.25) is 0 Å². The molecule has 0 aliphatic heterocycles. The van der Waals surface area contributed by atoms with Crippen LogP contribution in [0.4, 0.5) is 0 Å². The van der Waals surface area contributed by atoms with Gasteiger partial charge in [-0.15, -0.1) is 11.8 Å². The second kappa shape index (κ2) is 8.23. The summed E-state index contributed by atoms with van der Waals surface area (Å²) in [7, 11) is 1.67. The van der Waals surface area contributed by atoms with Crippen molar-refractivity contribution in [2.45, 2.75) is 11.3 Å². The molecule has 0 unspecified atom stereocenters. The highest BCUT2D eigenvalue weighted by molar-refractivity contribution is 7.99. The Bertz CT molecular complexity index is 622. The molecule has 0 radical (unpaired) electrons. The third kappa shape index (κ3) is 5.05. The van der Waals surface area contributed by atoms with Crippen LogP contribution in [0.15, 0.2) is 53.4 Å². The van der Waals surface area contributed by atoms with Gasteiger partial charge in [-0.05, 0) is 42.8 Å². The monoisotopic (exact) mass is 299 g/mol. The predicted molar refractivity (Wildman–Crippen MR) is 85.0 cm³/mol. The van der Waals surface area contributed by atoms with Crippen LogP contribution in [-0.4, -0.2) is 19.5 Å². The van der Waals surface area contributed by atoms with Crippen LogP contribution < -0.4 is 9.47 Å². The van der Waals surface area contributed by atoms with Gasteiger partial charge in [-0.2, -0.15) is 5.26 Å². The third-order valence-electron chi connectivity index (χ3n) is 2.83. The molecule has 0 N–H and O–H groups in total. The van der Waals surface area contributed by atoms with Crippen molar-refractivity contribution in [3.05, 3.63) is 54.1 Å². The first-order chi connectivity index (χ1) is 10.3. The first-order valence-corrected chi connectivity index (χ1v) is 7.70. The Hall–Kier alpha value is -2.12. The molecule has 0 saturated heterocycles. The summed E-state index contributed by atoms with van der Waals surface area (Å²) < 4.78 is 10.8. The number of ether oxygens (including phenoxy) is 2. The lowest BCUT2D eigenvalue weighted by atomic mass is 10.2. The summed E-state index contributed by atoms with van der Waals surface area (Å²) in [5.41, 5.74) is 0.623. The van der Waals surface area contributed by atoms with Crippen LogP contribution >= 0.6 is 11.8 Å². The minimum absolute atomic E-state index is 0.623. The summed E-state index contributed by atoms with van der Waals surface area (Å²) in [6, 6.07) is 17.4. The van der Waals surface area contributed by atoms with Crippen LogP contribution in [0, 0.1) is 11.3 Å². The van der Waals surface area contributed by atoms with Crippen molar-refractivity contribution >= 4 is 11.8 Å². The first kappa shape index (κ1) is 15.3. The second-order valence-corrected chi connectivity index (χ2v) is 5.54. The summed E-state index contributed by atoms with van der Waals surface area (Å²) in [4.78, 5) is 1.20. The fourth-order valence-electron chi connectivity index (χ4n) is 1.79. The number of nitriles is 1. The van der Waals surface area contributed by atoms with E-state index in [9.17, 15) is 0 Å². The van der Waals surface area contributed by atoms with Gasteiger partial charge in [0, 0.05) is 10.6 Å². The minimum atomic E-state index is 0.623. The van der Waals surface area contributed by atoms with E-state index in [4.69, 9.17) is 14.7 Å². The fourth-order valence-corrected chi connectivity index (χ4v) is 2.66. The summed E-state index contributed by atoms with van der Waals surface area (Å²) in [6.45, 7) is 0.645. The van der Waals surface area contributed by atoms with Crippen molar-refractivity contribution in [2.75, 3.05) is 19.5 Å². The van der Waals surface area contributed by atoms with Gasteiger partial charge >= 0.3 is 0 Å². The maximum atomic E-state index is 8.82. The lowest BCUT2D eigenvalue weighted by Gasteiger charge is -2.07. The van der Waals surface area contributed by atoms with Crippen LogP contribution in [0.5, 0.6) is 11.5 Å². The molecule has 0 spiro atoms. The first-order valence-electron chi connectivity index (χ1n) is 6.71. The summed E-state index contributed by atoms with van der Waals surface area (Å²) in [5, 5.41) is 8.82. The Labute approximate surface area is 129 Å². The lowest BCUT2D eigenvalue weighted by Crippen LogP contribution is -1.98. The Morgan fingerprint density at radius 1 is 1.10 bits per heavy atom. The van der Waals surface area contributed by atoms with E-state index in [1.807, 2.05) is 30.3 Å². The number of benzene rings is 2. The molecule has 0 aromatic heterocycles. The molecule has 21 heavy (non-hydrogen) atoms. The Morgan fingerprint density at radius 2 is 1.90 bits per heavy atom. The molecule has 3 nitrogen and oxygen atoms in total. The second-order valence-electron chi connectivity index (χ2n) is 4.37. The number of hydrogen-bond acceptors (Lipinski definition) is 4. The zero-order valence-corrected chi connectivity index (χ0v) is 12.7. The van der Waals surface area contributed by atoms with Gasteiger partial charge < -0.3 is 9.47 Å². The summed E-state index contributed by atoms with van der Waals surface area (Å²) in [5.74, 6) is 2.61. The van der Waals surface area contributed by atoms with Gasteiger partial charge in [-0.3, -0.25) is 0 Å². The zero-order valence-electron chi connectivity index (χ0n) is 11.9. The quantitative estimate of drug-likeness (QED) is 0.569. The molecule has 2 aromatic carbocycles. The predicted octanol–water partition coefficient (Wildman–Crippen LogP) is 4.13. The van der Waals surface area contributed by atoms with Crippen molar-refractivity contribution in [1.82, 2.24) is 0 Å². The maximum Gasteiger partial charge on any atom is 0.120 e. The van der Waals surface area contributed by atoms with Gasteiger partial charge in [-0.25, -0.2) is 0 Å². The largest absolute Gasteiger partial charge is 0.497 e. The van der Waals surface area contributed by atoms with Crippen LogP contribution in [0.25, 0.3) is 0 Å². The molecule has 0 saturated carbocycles. The Kier molecular flexibility index (Phi) is 5.99. The van der Waals surface area contributed by atoms with Crippen molar-refractivity contribution in [2.24, 2.45) is 0 Å². The minimum Gasteiger partial charge on any atom is -0.497 e. The van der Waals surface area contributed by atoms with Gasteiger partial charge in [0.15, 0.2) is 0 Å². The highest BCUT2D eigenvalue weighted by Crippen LogP contribution is 2.23. The molecule has 0 bridgehead atoms. The van der Waals surface area contributed by atoms with Gasteiger partial charge in [0.1, 0.15) is 11.5 Å². The van der Waals surface area contributed by atoms with E-state index < -0.39 is 0 Å². The van der Waals surface area contributed by atoms with Crippen molar-refractivity contribution < 1.29 is 9.47 Å². The van der Waals surface area contributed by atoms with Gasteiger partial charge in [-0.1, -0.05) is 12.1 Å². The van der Waals surface area contributed by atoms with E-state index in [1.54, 1.807) is 31.0 Å². The molecular weight excluding hydrogens is 282 g/mol. The average Bonchev–Trinajstić information content (AvgIpc) is 2.55. The van der Waals surface area contributed by atoms with Crippen LogP contribution in [0.1, 0.15) is 12.0 Å². The van der Waals surface area contributed by atoms with E-state index in [2.05, 4.69) is 12.1 Å². The number of nitrogens with zero attached hydrogens (tertiary/aromatic N) is 1. The van der Waals surface area contributed by atoms with Crippen LogP contribution in [-0.2, 0) is 0 Å². The average molecular weight is 299 g/mol. The number of thioether (sulfide) groups is 1. The Balaban J connectivity index is 1.71. The van der Waals surface area contributed by atoms with E-state index in [-0.39, 0.29) is 0 Å². The highest BCUT2D eigenvalue weighted by atomic mass is 32.2. The molecular formula is C17H17NO2S. The van der Waals surface area contributed by atoms with Gasteiger partial charge in [0.25, 0.3) is 0 Å². The molecule has 0 atom stereocenters. The molecule has 0 heterocycles. The maximum absolute atomic E-state index is 8.82. The number of rotatable bonds is 7. The molecule has 0 aliphatic rings. The van der Waals surface area contributed by atoms with E-state index in [0.29, 0.717) is 12.2 Å². The molecule has 108 valence electrons. The van der Waals surface area contributed by atoms with E-state index >= 15 is 0 Å². The number of methoxy groups -OCH3 is 1. The molecule has 4 heteroatoms. The summed E-state index contributed by atoms with van der Waals surface area (Å²) in [6.07, 6.45) is 0.943. The third-order valence-corrected chi connectivity index (χ3v) is 3.91. The SMILES string of the molecule is COc1cccc(SCCCOc2cccc(C#N)c2)c1. The number of hydrogen-bond donors (Lipinski definition) is 0. The zero-order chi connectivity index (χ0) is 14.9. The molecule has 0 amide bonds. The fraction of sp³-hybridized carbons (Fsp3) is 0.235. The van der Waals surface area contributed by atoms with Crippen molar-refractivity contribution in [3.63, 3.8) is 0 Å². The van der Waals surface area contributed by atoms with E-state index in [0.717, 1.165) is 23.7 Å². The molecule has 0 fully saturated rings. The van der Waals surface area contributed by atoms with Gasteiger partial charge in [0.05, 0.1) is 25.3 Å². The standard InChI is InChI=1S/C17H17NO2S/c1-19-15-6-3-8-17(12-15)21-10-4-9-20-16-7-2-5-14(11-16)13-18/h2-3,5-8,11-12H,4,9-10H2,1H3. The van der Waals surface area contributed by atoms with Crippen LogP contribution in [0.3, 0.4) is 0 Å². The lowest BCUT2D eigenvalue weighted by molar-refractivity contribution is 0.318. The molecule has 2 rings (SSSR count). The van der Waals surface area contributed by atoms with Gasteiger partial charge in [0.2, 0.25) is 0 Å². The summed E-state index contributed by atoms with van der Waals surface area (Å²) >= 11 is 1.78.